The minimum atomic E-state index is -0.392. The first-order valence-electron chi connectivity index (χ1n) is 8.42. The van der Waals surface area contributed by atoms with E-state index >= 15 is 0 Å². The number of ether oxygens (including phenoxy) is 1. The summed E-state index contributed by atoms with van der Waals surface area (Å²) < 4.78 is 5.70. The third-order valence-corrected chi connectivity index (χ3v) is 5.86. The molecule has 3 fully saturated rings. The molecule has 1 amide bonds. The van der Waals surface area contributed by atoms with Crippen LogP contribution in [-0.2, 0) is 4.74 Å². The molecule has 0 unspecified atom stereocenters. The van der Waals surface area contributed by atoms with Gasteiger partial charge in [-0.15, -0.1) is 11.3 Å². The maximum atomic E-state index is 12.4. The second-order valence-electron chi connectivity index (χ2n) is 6.48. The van der Waals surface area contributed by atoms with Gasteiger partial charge < -0.3 is 4.74 Å². The van der Waals surface area contributed by atoms with Gasteiger partial charge >= 0.3 is 6.09 Å². The molecule has 2 bridgehead atoms. The monoisotopic (exact) mass is 343 g/mol. The first kappa shape index (κ1) is 15.6. The summed E-state index contributed by atoms with van der Waals surface area (Å²) in [6, 6.07) is 10.00. The van der Waals surface area contributed by atoms with Crippen molar-refractivity contribution in [3.63, 3.8) is 0 Å². The molecule has 3 aliphatic rings. The number of thiazole rings is 1. The molecule has 3 saturated heterocycles. The highest BCUT2D eigenvalue weighted by Gasteiger charge is 2.36. The van der Waals surface area contributed by atoms with Crippen molar-refractivity contribution in [2.24, 2.45) is 5.92 Å². The van der Waals surface area contributed by atoms with Crippen molar-refractivity contribution in [2.75, 3.05) is 25.0 Å². The maximum Gasteiger partial charge on any atom is 0.413 e. The van der Waals surface area contributed by atoms with E-state index in [1.165, 1.54) is 0 Å². The zero-order chi connectivity index (χ0) is 16.5. The number of hydrogen-bond acceptors (Lipinski definition) is 5. The molecule has 6 heteroatoms. The van der Waals surface area contributed by atoms with Gasteiger partial charge in [0.25, 0.3) is 0 Å². The Morgan fingerprint density at radius 2 is 2.04 bits per heavy atom. The van der Waals surface area contributed by atoms with Crippen LogP contribution in [0.15, 0.2) is 30.3 Å². The number of hydrogen-bond donors (Lipinski definition) is 1. The Bertz CT molecular complexity index is 723. The smallest absolute Gasteiger partial charge is 0.413 e. The number of nitrogens with zero attached hydrogens (tertiary/aromatic N) is 2. The predicted molar refractivity (Wildman–Crippen MR) is 95.3 cm³/mol. The van der Waals surface area contributed by atoms with Crippen molar-refractivity contribution in [3.05, 3.63) is 35.3 Å². The lowest BCUT2D eigenvalue weighted by atomic mass is 9.86. The topological polar surface area (TPSA) is 54.5 Å². The highest BCUT2D eigenvalue weighted by Crippen LogP contribution is 2.34. The fraction of sp³-hybridized carbons (Fsp3) is 0.444. The summed E-state index contributed by atoms with van der Waals surface area (Å²) in [7, 11) is 0. The SMILES string of the molecule is Cc1nc(NC(=O)O[C@H]2CN3CCC2CC3)c(-c2ccccc2)s1. The number of nitrogens with one attached hydrogen (secondary N) is 1. The van der Waals surface area contributed by atoms with Gasteiger partial charge in [0.05, 0.1) is 9.88 Å². The first-order chi connectivity index (χ1) is 11.7. The van der Waals surface area contributed by atoms with Crippen LogP contribution in [0.3, 0.4) is 0 Å². The van der Waals surface area contributed by atoms with Gasteiger partial charge in [0.1, 0.15) is 6.10 Å². The second kappa shape index (κ2) is 6.53. The molecule has 5 nitrogen and oxygen atoms in total. The number of aromatic nitrogens is 1. The van der Waals surface area contributed by atoms with Gasteiger partial charge in [-0.3, -0.25) is 10.2 Å². The molecule has 1 atom stereocenters. The number of piperidine rings is 3. The molecule has 1 N–H and O–H groups in total. The summed E-state index contributed by atoms with van der Waals surface area (Å²) in [5, 5.41) is 3.78. The van der Waals surface area contributed by atoms with E-state index in [-0.39, 0.29) is 6.10 Å². The van der Waals surface area contributed by atoms with Gasteiger partial charge in [0.15, 0.2) is 5.82 Å². The maximum absolute atomic E-state index is 12.4. The normalized spacial score (nSPS) is 25.5. The lowest BCUT2D eigenvalue weighted by Crippen LogP contribution is -2.52. The van der Waals surface area contributed by atoms with E-state index < -0.39 is 6.09 Å². The molecule has 0 radical (unpaired) electrons. The van der Waals surface area contributed by atoms with Crippen LogP contribution >= 0.6 is 11.3 Å². The Hall–Kier alpha value is -1.92. The molecule has 1 aromatic heterocycles. The van der Waals surface area contributed by atoms with Crippen LogP contribution in [0.25, 0.3) is 10.4 Å². The Morgan fingerprint density at radius 3 is 2.71 bits per heavy atom. The van der Waals surface area contributed by atoms with Crippen molar-refractivity contribution in [2.45, 2.75) is 25.9 Å². The standard InChI is InChI=1S/C18H21N3O2S/c1-12-19-17(16(24-12)14-5-3-2-4-6-14)20-18(22)23-15-11-21-9-7-13(15)8-10-21/h2-6,13,15H,7-11H2,1H3,(H,20,22)/t15-/m0/s1. The predicted octanol–water partition coefficient (Wildman–Crippen LogP) is 3.76. The minimum Gasteiger partial charge on any atom is -0.444 e. The van der Waals surface area contributed by atoms with Crippen LogP contribution in [0.5, 0.6) is 0 Å². The fourth-order valence-corrected chi connectivity index (χ4v) is 4.48. The van der Waals surface area contributed by atoms with Crippen LogP contribution < -0.4 is 5.32 Å². The summed E-state index contributed by atoms with van der Waals surface area (Å²) in [4.78, 5) is 20.2. The van der Waals surface area contributed by atoms with Crippen molar-refractivity contribution in [1.82, 2.24) is 9.88 Å². The van der Waals surface area contributed by atoms with E-state index in [0.717, 1.165) is 47.9 Å². The molecule has 24 heavy (non-hydrogen) atoms. The molecule has 3 aliphatic heterocycles. The highest BCUT2D eigenvalue weighted by atomic mass is 32.1. The van der Waals surface area contributed by atoms with Crippen molar-refractivity contribution in [1.29, 1.82) is 0 Å². The fourth-order valence-electron chi connectivity index (χ4n) is 3.60. The van der Waals surface area contributed by atoms with Crippen LogP contribution in [0.2, 0.25) is 0 Å². The van der Waals surface area contributed by atoms with Gasteiger partial charge in [-0.1, -0.05) is 30.3 Å². The zero-order valence-corrected chi connectivity index (χ0v) is 14.5. The third-order valence-electron chi connectivity index (χ3n) is 4.85. The number of carbonyl (C=O) groups is 1. The number of fused-ring (bicyclic) bond motifs is 3. The number of carbonyl (C=O) groups excluding carboxylic acids is 1. The van der Waals surface area contributed by atoms with Gasteiger partial charge in [-0.05, 0) is 44.3 Å². The molecule has 5 rings (SSSR count). The first-order valence-corrected chi connectivity index (χ1v) is 9.23. The molecule has 2 aromatic rings. The van der Waals surface area contributed by atoms with E-state index in [1.54, 1.807) is 11.3 Å². The summed E-state index contributed by atoms with van der Waals surface area (Å²) >= 11 is 1.58. The number of benzene rings is 1. The summed E-state index contributed by atoms with van der Waals surface area (Å²) in [6.45, 7) is 5.08. The number of amides is 1. The molecule has 126 valence electrons. The van der Waals surface area contributed by atoms with Gasteiger partial charge in [0.2, 0.25) is 0 Å². The highest BCUT2D eigenvalue weighted by molar-refractivity contribution is 7.15. The van der Waals surface area contributed by atoms with Gasteiger partial charge in [0, 0.05) is 6.54 Å². The van der Waals surface area contributed by atoms with Gasteiger partial charge in [-0.25, -0.2) is 9.78 Å². The van der Waals surface area contributed by atoms with Gasteiger partial charge in [-0.2, -0.15) is 0 Å². The van der Waals surface area contributed by atoms with Crippen molar-refractivity contribution < 1.29 is 9.53 Å². The number of aryl methyl sites for hydroxylation is 1. The lowest BCUT2D eigenvalue weighted by molar-refractivity contribution is -0.0290. The van der Waals surface area contributed by atoms with Crippen LogP contribution in [-0.4, -0.2) is 41.7 Å². The van der Waals surface area contributed by atoms with E-state index in [4.69, 9.17) is 4.74 Å². The Morgan fingerprint density at radius 1 is 1.29 bits per heavy atom. The van der Waals surface area contributed by atoms with E-state index in [9.17, 15) is 4.79 Å². The molecular formula is C18H21N3O2S. The van der Waals surface area contributed by atoms with Crippen LogP contribution in [0, 0.1) is 12.8 Å². The quantitative estimate of drug-likeness (QED) is 0.922. The molecule has 4 heterocycles. The molecule has 0 saturated carbocycles. The summed E-state index contributed by atoms with van der Waals surface area (Å²) in [5.74, 6) is 1.10. The molecule has 0 aliphatic carbocycles. The molecular weight excluding hydrogens is 322 g/mol. The largest absolute Gasteiger partial charge is 0.444 e. The number of rotatable bonds is 3. The van der Waals surface area contributed by atoms with E-state index in [0.29, 0.717) is 11.7 Å². The van der Waals surface area contributed by atoms with Crippen molar-refractivity contribution in [3.8, 4) is 10.4 Å². The zero-order valence-electron chi connectivity index (χ0n) is 13.7. The van der Waals surface area contributed by atoms with Crippen LogP contribution in [0.4, 0.5) is 10.6 Å². The van der Waals surface area contributed by atoms with E-state index in [2.05, 4.69) is 15.2 Å². The minimum absolute atomic E-state index is 0.00686. The average Bonchev–Trinajstić information content (AvgIpc) is 2.97. The average molecular weight is 343 g/mol. The molecule has 1 aromatic carbocycles. The summed E-state index contributed by atoms with van der Waals surface area (Å²) in [6.07, 6.45) is 1.87. The second-order valence-corrected chi connectivity index (χ2v) is 7.69. The van der Waals surface area contributed by atoms with Crippen molar-refractivity contribution >= 4 is 23.2 Å². The lowest BCUT2D eigenvalue weighted by Gasteiger charge is -2.43. The Kier molecular flexibility index (Phi) is 4.24. The molecule has 0 spiro atoms. The Balaban J connectivity index is 1.46. The number of anilines is 1. The van der Waals surface area contributed by atoms with E-state index in [1.807, 2.05) is 37.3 Å². The van der Waals surface area contributed by atoms with Crippen LogP contribution in [0.1, 0.15) is 17.8 Å². The Labute approximate surface area is 145 Å². The summed E-state index contributed by atoms with van der Waals surface area (Å²) in [5.41, 5.74) is 1.06. The third kappa shape index (κ3) is 3.16.